The van der Waals surface area contributed by atoms with Crippen molar-refractivity contribution in [1.82, 2.24) is 38.7 Å². The summed E-state index contributed by atoms with van der Waals surface area (Å²) in [7, 11) is 5.93. The predicted octanol–water partition coefficient (Wildman–Crippen LogP) is 7.37. The number of hydrogen-bond acceptors (Lipinski definition) is 12. The first kappa shape index (κ1) is 41.8. The second-order valence-electron chi connectivity index (χ2n) is 17.7. The molecule has 3 aliphatic heterocycles. The van der Waals surface area contributed by atoms with Gasteiger partial charge in [0.15, 0.2) is 13.3 Å². The molecule has 2 N–H and O–H groups in total. The van der Waals surface area contributed by atoms with Crippen LogP contribution >= 0.6 is 0 Å². The molecular weight excluding hydrogens is 809 g/mol. The fourth-order valence-electron chi connectivity index (χ4n) is 9.33. The number of rotatable bonds is 14. The zero-order valence-corrected chi connectivity index (χ0v) is 37.7. The average molecular weight is 868 g/mol. The van der Waals surface area contributed by atoms with Gasteiger partial charge in [-0.1, -0.05) is 0 Å². The molecule has 3 aliphatic rings. The van der Waals surface area contributed by atoms with Crippen LogP contribution in [0.2, 0.25) is 0 Å². The summed E-state index contributed by atoms with van der Waals surface area (Å²) in [6.45, 7) is 12.5. The van der Waals surface area contributed by atoms with E-state index in [4.69, 9.17) is 33.9 Å². The van der Waals surface area contributed by atoms with Crippen molar-refractivity contribution in [2.75, 3.05) is 62.5 Å². The Morgan fingerprint density at radius 2 is 1.59 bits per heavy atom. The van der Waals surface area contributed by atoms with Crippen molar-refractivity contribution < 1.29 is 23.6 Å². The van der Waals surface area contributed by atoms with Gasteiger partial charge in [-0.3, -0.25) is 0 Å². The molecule has 64 heavy (non-hydrogen) atoms. The van der Waals surface area contributed by atoms with Crippen LogP contribution < -0.4 is 29.7 Å². The van der Waals surface area contributed by atoms with Gasteiger partial charge in [0.1, 0.15) is 22.8 Å². The van der Waals surface area contributed by atoms with E-state index in [0.29, 0.717) is 18.4 Å². The minimum atomic E-state index is -0.118. The molecule has 16 nitrogen and oxygen atoms in total. The minimum Gasteiger partial charge on any atom is -0.496 e. The summed E-state index contributed by atoms with van der Waals surface area (Å²) in [5.74, 6) is 2.68. The molecule has 0 radical (unpaired) electrons. The lowest BCUT2D eigenvalue weighted by molar-refractivity contribution is -0.760. The van der Waals surface area contributed by atoms with E-state index >= 15 is 0 Å². The first-order valence-corrected chi connectivity index (χ1v) is 22.6. The summed E-state index contributed by atoms with van der Waals surface area (Å²) in [4.78, 5) is 24.0. The molecule has 3 fully saturated rings. The summed E-state index contributed by atoms with van der Waals surface area (Å²) < 4.78 is 33.5. The summed E-state index contributed by atoms with van der Waals surface area (Å²) >= 11 is 0. The van der Waals surface area contributed by atoms with Crippen molar-refractivity contribution in [1.29, 1.82) is 0 Å². The Bertz CT molecular complexity index is 2760. The number of piperazine rings is 1. The van der Waals surface area contributed by atoms with Gasteiger partial charge in [0.2, 0.25) is 18.1 Å². The maximum atomic E-state index is 6.77. The van der Waals surface area contributed by atoms with E-state index in [-0.39, 0.29) is 24.5 Å². The molecule has 3 saturated heterocycles. The summed E-state index contributed by atoms with van der Waals surface area (Å²) in [5, 5.41) is 8.89. The van der Waals surface area contributed by atoms with Crippen molar-refractivity contribution >= 4 is 51.0 Å². The number of hydrogen-bond donors (Lipinski definition) is 2. The second kappa shape index (κ2) is 17.7. The molecule has 3 unspecified atom stereocenters. The molecule has 0 amide bonds. The van der Waals surface area contributed by atoms with Crippen LogP contribution in [0, 0.1) is 6.92 Å². The molecule has 5 aromatic heterocycles. The fourth-order valence-corrected chi connectivity index (χ4v) is 9.33. The molecule has 0 bridgehead atoms. The normalized spacial score (nSPS) is 19.4. The van der Waals surface area contributed by atoms with Crippen LogP contribution in [0.3, 0.4) is 0 Å². The molecule has 0 aliphatic carbocycles. The molecule has 334 valence electrons. The minimum absolute atomic E-state index is 0.00955. The standard InChI is InChI=1S/C48H59N12O4/c1-31(2)63-43-23-36(10-13-41(43)57-19-17-55(4)18-20-57)52-48-50-25-40-32(3)26-59(46(40)54-48)30-38-11-14-44(64-38)60-28-34(27-56(60)5)39-12-9-35(22-42(39)61-6)51-47-49-24-33-15-16-58(45(33)53-47)29-37-8-7-21-62-37/h9-10,12-13,15-16,22-28,31,37-38,44H,7-8,11,14,17-21,29-30H2,1-6H3,(H,49,51,53)(H,50,52,54)/q+1. The fraction of sp³-hybridized carbons (Fsp3) is 0.438. The molecule has 0 saturated carbocycles. The first-order chi connectivity index (χ1) is 31.1. The molecule has 7 aromatic rings. The van der Waals surface area contributed by atoms with Gasteiger partial charge in [-0.05, 0) is 83.0 Å². The molecule has 2 aromatic carbocycles. The maximum absolute atomic E-state index is 6.77. The lowest BCUT2D eigenvalue weighted by Gasteiger charge is -2.35. The third-order valence-corrected chi connectivity index (χ3v) is 12.7. The van der Waals surface area contributed by atoms with E-state index < -0.39 is 0 Å². The van der Waals surface area contributed by atoms with Crippen LogP contribution in [0.5, 0.6) is 11.5 Å². The number of benzene rings is 2. The van der Waals surface area contributed by atoms with Crippen LogP contribution in [0.25, 0.3) is 33.2 Å². The van der Waals surface area contributed by atoms with Gasteiger partial charge < -0.3 is 48.5 Å². The zero-order chi connectivity index (χ0) is 43.9. The van der Waals surface area contributed by atoms with Gasteiger partial charge in [-0.2, -0.15) is 9.97 Å². The van der Waals surface area contributed by atoms with Crippen molar-refractivity contribution in [3.05, 3.63) is 85.2 Å². The third-order valence-electron chi connectivity index (χ3n) is 12.7. The van der Waals surface area contributed by atoms with E-state index in [1.165, 1.54) is 0 Å². The number of anilines is 5. The quantitative estimate of drug-likeness (QED) is 0.106. The van der Waals surface area contributed by atoms with Gasteiger partial charge in [0.05, 0.1) is 56.0 Å². The Hall–Kier alpha value is -6.23. The highest BCUT2D eigenvalue weighted by atomic mass is 16.5. The second-order valence-corrected chi connectivity index (χ2v) is 17.7. The summed E-state index contributed by atoms with van der Waals surface area (Å²) in [6, 6.07) is 14.5. The van der Waals surface area contributed by atoms with Crippen LogP contribution in [-0.2, 0) is 29.6 Å². The van der Waals surface area contributed by atoms with E-state index in [1.807, 2.05) is 24.5 Å². The number of fused-ring (bicyclic) bond motifs is 2. The number of nitrogens with one attached hydrogen (secondary N) is 2. The number of likely N-dealkylation sites (N-methyl/N-ethyl adjacent to an activating group) is 1. The van der Waals surface area contributed by atoms with Crippen molar-refractivity contribution in [2.24, 2.45) is 7.05 Å². The molecule has 16 heteroatoms. The van der Waals surface area contributed by atoms with Gasteiger partial charge in [0.25, 0.3) is 0 Å². The smallest absolute Gasteiger partial charge is 0.229 e. The van der Waals surface area contributed by atoms with Gasteiger partial charge in [-0.25, -0.2) is 9.97 Å². The van der Waals surface area contributed by atoms with Gasteiger partial charge >= 0.3 is 0 Å². The number of aromatic nitrogens is 8. The lowest BCUT2D eigenvalue weighted by Crippen LogP contribution is -2.44. The van der Waals surface area contributed by atoms with Gasteiger partial charge in [0, 0.05) is 104 Å². The van der Waals surface area contributed by atoms with E-state index in [2.05, 4.69) is 134 Å². The number of ether oxygens (including phenoxy) is 4. The molecule has 10 rings (SSSR count). The number of nitrogens with zero attached hydrogens (tertiary/aromatic N) is 10. The Labute approximate surface area is 373 Å². The van der Waals surface area contributed by atoms with Gasteiger partial charge in [-0.15, -0.1) is 9.36 Å². The van der Waals surface area contributed by atoms with Crippen LogP contribution in [0.1, 0.15) is 51.3 Å². The summed E-state index contributed by atoms with van der Waals surface area (Å²) in [6.07, 6.45) is 16.4. The highest BCUT2D eigenvalue weighted by Gasteiger charge is 2.32. The van der Waals surface area contributed by atoms with Crippen LogP contribution in [0.15, 0.2) is 79.6 Å². The van der Waals surface area contributed by atoms with Crippen LogP contribution in [-0.4, -0.2) is 104 Å². The highest BCUT2D eigenvalue weighted by Crippen LogP contribution is 2.37. The molecule has 8 heterocycles. The Morgan fingerprint density at radius 3 is 2.36 bits per heavy atom. The predicted molar refractivity (Wildman–Crippen MR) is 248 cm³/mol. The third kappa shape index (κ3) is 8.69. The molecule has 0 spiro atoms. The molecule has 3 atom stereocenters. The highest BCUT2D eigenvalue weighted by molar-refractivity contribution is 5.81. The zero-order valence-electron chi connectivity index (χ0n) is 37.7. The monoisotopic (exact) mass is 867 g/mol. The van der Waals surface area contributed by atoms with Crippen molar-refractivity contribution in [3.8, 4) is 22.6 Å². The van der Waals surface area contributed by atoms with E-state index in [9.17, 15) is 0 Å². The Kier molecular flexibility index (Phi) is 11.6. The lowest BCUT2D eigenvalue weighted by atomic mass is 10.1. The maximum Gasteiger partial charge on any atom is 0.229 e. The van der Waals surface area contributed by atoms with Crippen molar-refractivity contribution in [3.63, 3.8) is 0 Å². The first-order valence-electron chi connectivity index (χ1n) is 22.6. The molecular formula is C48H59N12O4+. The summed E-state index contributed by atoms with van der Waals surface area (Å²) in [5.41, 5.74) is 7.75. The van der Waals surface area contributed by atoms with E-state index in [0.717, 1.165) is 132 Å². The average Bonchev–Trinajstić information content (AvgIpc) is 4.15. The Balaban J connectivity index is 0.811. The SMILES string of the molecule is COc1cc(Nc2ncc3ccn(CC4CCCO4)c3n2)ccc1-c1cn(C2CCC(Cn3cc(C)c4cnc(Nc5ccc(N6CCN(C)CC6)c(OC(C)C)c5)nc43)O2)[n+](C)c1. The number of methoxy groups -OCH3 is 1. The number of aryl methyl sites for hydroxylation is 2. The topological polar surface area (TPSA) is 138 Å². The van der Waals surface area contributed by atoms with Crippen LogP contribution in [0.4, 0.5) is 29.0 Å². The Morgan fingerprint density at radius 1 is 0.844 bits per heavy atom. The van der Waals surface area contributed by atoms with Crippen molar-refractivity contribution in [2.45, 2.75) is 84.1 Å². The largest absolute Gasteiger partial charge is 0.496 e. The van der Waals surface area contributed by atoms with E-state index in [1.54, 1.807) is 7.11 Å².